The third-order valence-corrected chi connectivity index (χ3v) is 11.2. The Morgan fingerprint density at radius 2 is 0.977 bits per heavy atom. The highest BCUT2D eigenvalue weighted by Gasteiger charge is 2.34. The van der Waals surface area contributed by atoms with Gasteiger partial charge in [0.1, 0.15) is 11.5 Å². The minimum atomic E-state index is -0.0353. The molecular formula is C41H68O2S. The smallest absolute Gasteiger partial charge is 0.122 e. The molecular weight excluding hydrogens is 557 g/mol. The topological polar surface area (TPSA) is 40.5 Å². The van der Waals surface area contributed by atoms with Crippen LogP contribution in [0.25, 0.3) is 0 Å². The molecule has 2 atom stereocenters. The maximum absolute atomic E-state index is 11.6. The molecule has 2 rings (SSSR count). The van der Waals surface area contributed by atoms with Crippen LogP contribution in [0.5, 0.6) is 11.5 Å². The lowest BCUT2D eigenvalue weighted by molar-refractivity contribution is 0.379. The van der Waals surface area contributed by atoms with Crippen molar-refractivity contribution in [3.63, 3.8) is 0 Å². The molecule has 0 aliphatic heterocycles. The van der Waals surface area contributed by atoms with Crippen molar-refractivity contribution < 1.29 is 10.2 Å². The molecule has 0 aromatic heterocycles. The van der Waals surface area contributed by atoms with Gasteiger partial charge in [-0.1, -0.05) is 149 Å². The molecule has 0 radical (unpaired) electrons. The fraction of sp³-hybridized carbons (Fsp3) is 0.707. The van der Waals surface area contributed by atoms with Crippen LogP contribution >= 0.6 is 11.8 Å². The van der Waals surface area contributed by atoms with Gasteiger partial charge in [-0.2, -0.15) is 11.8 Å². The lowest BCUT2D eigenvalue weighted by Crippen LogP contribution is -2.25. The van der Waals surface area contributed by atoms with Gasteiger partial charge in [-0.15, -0.1) is 0 Å². The van der Waals surface area contributed by atoms with E-state index in [1.807, 2.05) is 13.8 Å². The van der Waals surface area contributed by atoms with Crippen LogP contribution in [0.4, 0.5) is 0 Å². The monoisotopic (exact) mass is 624 g/mol. The molecule has 0 spiro atoms. The molecule has 0 saturated heterocycles. The van der Waals surface area contributed by atoms with E-state index in [4.69, 9.17) is 0 Å². The van der Waals surface area contributed by atoms with E-state index >= 15 is 0 Å². The number of rotatable bonds is 24. The maximum atomic E-state index is 11.6. The van der Waals surface area contributed by atoms with Crippen LogP contribution in [0.1, 0.15) is 177 Å². The molecule has 2 aromatic rings. The molecule has 0 amide bonds. The summed E-state index contributed by atoms with van der Waals surface area (Å²) in [4.78, 5) is 0. The predicted octanol–water partition coefficient (Wildman–Crippen LogP) is 13.0. The lowest BCUT2D eigenvalue weighted by atomic mass is 9.74. The first kappa shape index (κ1) is 38.6. The normalized spacial score (nSPS) is 13.1. The second kappa shape index (κ2) is 22.0. The second-order valence-electron chi connectivity index (χ2n) is 13.5. The Hall–Kier alpha value is -1.61. The third-order valence-electron chi connectivity index (χ3n) is 9.82. The van der Waals surface area contributed by atoms with Gasteiger partial charge in [-0.25, -0.2) is 0 Å². The molecule has 0 fully saturated rings. The van der Waals surface area contributed by atoms with Gasteiger partial charge >= 0.3 is 0 Å². The number of aryl methyl sites for hydroxylation is 4. The van der Waals surface area contributed by atoms with Gasteiger partial charge in [-0.3, -0.25) is 0 Å². The first-order chi connectivity index (χ1) is 21.3. The van der Waals surface area contributed by atoms with Crippen molar-refractivity contribution >= 4 is 11.8 Å². The number of aromatic hydroxyl groups is 2. The first-order valence-electron chi connectivity index (χ1n) is 18.5. The average Bonchev–Trinajstić information content (AvgIpc) is 3.02. The Kier molecular flexibility index (Phi) is 19.3. The van der Waals surface area contributed by atoms with E-state index in [1.54, 1.807) is 0 Å². The minimum absolute atomic E-state index is 0.0353. The number of benzene rings is 2. The second-order valence-corrected chi connectivity index (χ2v) is 15.0. The highest BCUT2D eigenvalue weighted by molar-refractivity contribution is 7.99. The number of phenols is 2. The van der Waals surface area contributed by atoms with Crippen molar-refractivity contribution in [3.8, 4) is 11.5 Å². The fourth-order valence-corrected chi connectivity index (χ4v) is 8.20. The zero-order valence-corrected chi connectivity index (χ0v) is 30.6. The van der Waals surface area contributed by atoms with Gasteiger partial charge < -0.3 is 10.2 Å². The van der Waals surface area contributed by atoms with E-state index in [2.05, 4.69) is 70.6 Å². The molecule has 0 aliphatic carbocycles. The molecule has 3 heteroatoms. The standard InChI is InChI=1S/C41H68O2S/c1-8-12-14-16-17-18-19-20-21-22-24-26-44-33(7)36(25-23-15-13-9-2)39(37-29-34(10-3)27-31(5)40(37)42)38-30-35(11-4)28-32(6)41(38)43/h27-30,33,36,39,42-43H,8-26H2,1-7H3. The van der Waals surface area contributed by atoms with E-state index in [0.717, 1.165) is 41.5 Å². The van der Waals surface area contributed by atoms with Crippen LogP contribution in [0.3, 0.4) is 0 Å². The van der Waals surface area contributed by atoms with E-state index in [0.29, 0.717) is 22.7 Å². The zero-order chi connectivity index (χ0) is 32.3. The number of hydrogen-bond acceptors (Lipinski definition) is 3. The molecule has 44 heavy (non-hydrogen) atoms. The van der Waals surface area contributed by atoms with Crippen molar-refractivity contribution in [1.82, 2.24) is 0 Å². The summed E-state index contributed by atoms with van der Waals surface area (Å²) in [5.41, 5.74) is 6.42. The van der Waals surface area contributed by atoms with Crippen molar-refractivity contribution in [2.24, 2.45) is 5.92 Å². The number of phenolic OH excluding ortho intramolecular Hbond substituents is 2. The van der Waals surface area contributed by atoms with Crippen LogP contribution in [0.15, 0.2) is 24.3 Å². The van der Waals surface area contributed by atoms with Gasteiger partial charge in [0.25, 0.3) is 0 Å². The summed E-state index contributed by atoms with van der Waals surface area (Å²) in [6.45, 7) is 15.4. The Labute approximate surface area is 277 Å². The molecule has 0 saturated carbocycles. The van der Waals surface area contributed by atoms with Gasteiger partial charge in [0.05, 0.1) is 0 Å². The summed E-state index contributed by atoms with van der Waals surface area (Å²) in [6, 6.07) is 8.73. The van der Waals surface area contributed by atoms with E-state index in [9.17, 15) is 10.2 Å². The predicted molar refractivity (Wildman–Crippen MR) is 197 cm³/mol. The number of unbranched alkanes of at least 4 members (excludes halogenated alkanes) is 13. The average molecular weight is 625 g/mol. The zero-order valence-electron chi connectivity index (χ0n) is 29.8. The summed E-state index contributed by atoms with van der Waals surface area (Å²) in [7, 11) is 0. The highest BCUT2D eigenvalue weighted by Crippen LogP contribution is 2.48. The van der Waals surface area contributed by atoms with E-state index in [-0.39, 0.29) is 5.92 Å². The molecule has 0 aliphatic rings. The SMILES string of the molecule is CCCCCCCCCCCCCSC(C)C(CCCCCC)C(c1cc(CC)cc(C)c1O)c1cc(CC)cc(C)c1O. The highest BCUT2D eigenvalue weighted by atomic mass is 32.2. The summed E-state index contributed by atoms with van der Waals surface area (Å²) >= 11 is 2.12. The minimum Gasteiger partial charge on any atom is -0.507 e. The summed E-state index contributed by atoms with van der Waals surface area (Å²) in [6.07, 6.45) is 23.1. The molecule has 2 N–H and O–H groups in total. The number of thioether (sulfide) groups is 1. The van der Waals surface area contributed by atoms with Crippen LogP contribution in [-0.2, 0) is 12.8 Å². The maximum Gasteiger partial charge on any atom is 0.122 e. The summed E-state index contributed by atoms with van der Waals surface area (Å²) in [5, 5.41) is 23.6. The third kappa shape index (κ3) is 12.6. The summed E-state index contributed by atoms with van der Waals surface area (Å²) < 4.78 is 0. The Balaban J connectivity index is 2.25. The Morgan fingerprint density at radius 3 is 1.41 bits per heavy atom. The molecule has 0 bridgehead atoms. The largest absolute Gasteiger partial charge is 0.507 e. The fourth-order valence-electron chi connectivity index (χ4n) is 6.92. The molecule has 2 aromatic carbocycles. The van der Waals surface area contributed by atoms with Crippen molar-refractivity contribution in [3.05, 3.63) is 57.6 Å². The van der Waals surface area contributed by atoms with Crippen molar-refractivity contribution in [2.45, 2.75) is 175 Å². The van der Waals surface area contributed by atoms with Gasteiger partial charge in [0, 0.05) is 22.3 Å². The van der Waals surface area contributed by atoms with E-state index < -0.39 is 0 Å². The lowest BCUT2D eigenvalue weighted by Gasteiger charge is -2.34. The van der Waals surface area contributed by atoms with Gasteiger partial charge in [-0.05, 0) is 73.5 Å². The van der Waals surface area contributed by atoms with Crippen molar-refractivity contribution in [1.29, 1.82) is 0 Å². The van der Waals surface area contributed by atoms with Crippen LogP contribution in [0, 0.1) is 19.8 Å². The quantitative estimate of drug-likeness (QED) is 0.114. The summed E-state index contributed by atoms with van der Waals surface area (Å²) in [5.74, 6) is 2.31. The van der Waals surface area contributed by atoms with Gasteiger partial charge in [0.2, 0.25) is 0 Å². The molecule has 2 nitrogen and oxygen atoms in total. The first-order valence-corrected chi connectivity index (χ1v) is 19.6. The van der Waals surface area contributed by atoms with Crippen LogP contribution in [0.2, 0.25) is 0 Å². The molecule has 0 heterocycles. The van der Waals surface area contributed by atoms with E-state index in [1.165, 1.54) is 113 Å². The molecule has 250 valence electrons. The number of hydrogen-bond donors (Lipinski definition) is 2. The Morgan fingerprint density at radius 1 is 0.568 bits per heavy atom. The van der Waals surface area contributed by atoms with Crippen LogP contribution in [-0.4, -0.2) is 21.2 Å². The molecule has 2 unspecified atom stereocenters. The van der Waals surface area contributed by atoms with Crippen molar-refractivity contribution in [2.75, 3.05) is 5.75 Å². The van der Waals surface area contributed by atoms with Crippen LogP contribution < -0.4 is 0 Å². The van der Waals surface area contributed by atoms with Gasteiger partial charge in [0.15, 0.2) is 0 Å². The Bertz CT molecular complexity index is 1000.